The molecule has 0 radical (unpaired) electrons. The molecule has 0 amide bonds. The lowest BCUT2D eigenvalue weighted by Gasteiger charge is -2.47. The van der Waals surface area contributed by atoms with Crippen LogP contribution in [0.15, 0.2) is 24.3 Å². The molecule has 2 aliphatic rings. The first kappa shape index (κ1) is 17.3. The van der Waals surface area contributed by atoms with Gasteiger partial charge in [0.1, 0.15) is 0 Å². The zero-order chi connectivity index (χ0) is 16.8. The molecule has 1 spiro atoms. The summed E-state index contributed by atoms with van der Waals surface area (Å²) in [7, 11) is 1.45. The number of rotatable bonds is 5. The van der Waals surface area contributed by atoms with Gasteiger partial charge < -0.3 is 14.1 Å². The van der Waals surface area contributed by atoms with E-state index < -0.39 is 0 Å². The summed E-state index contributed by atoms with van der Waals surface area (Å²) in [5.41, 5.74) is 2.65. The largest absolute Gasteiger partial charge is 0.469 e. The summed E-state index contributed by atoms with van der Waals surface area (Å²) < 4.78 is 6.05. The Kier molecular flexibility index (Phi) is 5.77. The second kappa shape index (κ2) is 8.02. The van der Waals surface area contributed by atoms with Gasteiger partial charge in [-0.3, -0.25) is 4.79 Å². The van der Waals surface area contributed by atoms with Gasteiger partial charge >= 0.3 is 5.97 Å². The second-order valence-electron chi connectivity index (χ2n) is 7.38. The van der Waals surface area contributed by atoms with Crippen molar-refractivity contribution in [3.63, 3.8) is 0 Å². The van der Waals surface area contributed by atoms with Gasteiger partial charge in [-0.1, -0.05) is 12.1 Å². The average molecular weight is 331 g/mol. The summed E-state index contributed by atoms with van der Waals surface area (Å²) in [4.78, 5) is 13.7. The van der Waals surface area contributed by atoms with Crippen LogP contribution in [0.25, 0.3) is 0 Å². The summed E-state index contributed by atoms with van der Waals surface area (Å²) in [5, 5.41) is 0. The number of aryl methyl sites for hydroxylation is 1. The molecule has 0 saturated carbocycles. The highest BCUT2D eigenvalue weighted by atomic mass is 16.5. The molecule has 0 N–H and O–H groups in total. The molecule has 0 aromatic heterocycles. The zero-order valence-corrected chi connectivity index (χ0v) is 15.0. The number of carbonyl (C=O) groups is 1. The van der Waals surface area contributed by atoms with Gasteiger partial charge in [-0.25, -0.2) is 0 Å². The van der Waals surface area contributed by atoms with Crippen molar-refractivity contribution in [2.45, 2.75) is 38.5 Å². The number of esters is 1. The van der Waals surface area contributed by atoms with Crippen LogP contribution in [0.1, 0.15) is 37.7 Å². The molecule has 2 heterocycles. The van der Waals surface area contributed by atoms with Crippen LogP contribution in [0.5, 0.6) is 0 Å². The number of methoxy groups -OCH3 is 1. The number of carbonyl (C=O) groups excluding carboxylic acids is 1. The van der Waals surface area contributed by atoms with Crippen LogP contribution < -0.4 is 4.90 Å². The maximum absolute atomic E-state index is 11.2. The van der Waals surface area contributed by atoms with E-state index in [1.165, 1.54) is 81.4 Å². The monoisotopic (exact) mass is 331 g/mol. The molecule has 0 atom stereocenters. The summed E-state index contributed by atoms with van der Waals surface area (Å²) in [6.07, 6.45) is 6.57. The minimum absolute atomic E-state index is 0.116. The molecular weight excluding hydrogens is 300 g/mol. The minimum Gasteiger partial charge on any atom is -0.469 e. The van der Waals surface area contributed by atoms with E-state index >= 15 is 0 Å². The van der Waals surface area contributed by atoms with E-state index in [9.17, 15) is 4.79 Å². The number of nitrogens with zero attached hydrogens (tertiary/aromatic N) is 2. The Labute approximate surface area is 146 Å². The van der Waals surface area contributed by atoms with Crippen LogP contribution >= 0.6 is 0 Å². The number of piperazine rings is 1. The highest BCUT2D eigenvalue weighted by Gasteiger charge is 2.34. The topological polar surface area (TPSA) is 29.5 Å². The molecule has 2 fully saturated rings. The molecule has 0 aliphatic carbocycles. The summed E-state index contributed by atoms with van der Waals surface area (Å²) in [5.74, 6) is -0.116. The van der Waals surface area contributed by atoms with Gasteiger partial charge in [0.05, 0.1) is 46.4 Å². The SMILES string of the molecule is COC(=O)CCCc1ccc(N2CC[N+]3(CCCCC3)CC2)cc1. The Balaban J connectivity index is 1.48. The molecule has 132 valence electrons. The lowest BCUT2D eigenvalue weighted by Crippen LogP contribution is -2.61. The Hall–Kier alpha value is -1.55. The Morgan fingerprint density at radius 3 is 2.33 bits per heavy atom. The third kappa shape index (κ3) is 4.29. The van der Waals surface area contributed by atoms with Gasteiger partial charge in [0.2, 0.25) is 0 Å². The number of anilines is 1. The molecule has 2 aliphatic heterocycles. The van der Waals surface area contributed by atoms with Crippen LogP contribution in [0.2, 0.25) is 0 Å². The van der Waals surface area contributed by atoms with Crippen molar-refractivity contribution < 1.29 is 14.0 Å². The third-order valence-corrected chi connectivity index (χ3v) is 5.83. The maximum atomic E-state index is 11.2. The van der Waals surface area contributed by atoms with E-state index in [-0.39, 0.29) is 5.97 Å². The van der Waals surface area contributed by atoms with Crippen molar-refractivity contribution >= 4 is 11.7 Å². The first-order chi connectivity index (χ1) is 11.7. The first-order valence-electron chi connectivity index (χ1n) is 9.47. The predicted octanol–water partition coefficient (Wildman–Crippen LogP) is 3.00. The van der Waals surface area contributed by atoms with E-state index in [2.05, 4.69) is 33.9 Å². The quantitative estimate of drug-likeness (QED) is 0.614. The molecule has 1 aromatic rings. The molecule has 3 rings (SSSR count). The fourth-order valence-electron chi connectivity index (χ4n) is 4.19. The molecule has 4 heteroatoms. The number of quaternary nitrogens is 1. The van der Waals surface area contributed by atoms with Crippen LogP contribution in [0.4, 0.5) is 5.69 Å². The van der Waals surface area contributed by atoms with Crippen molar-refractivity contribution in [1.29, 1.82) is 0 Å². The average Bonchev–Trinajstić information content (AvgIpc) is 2.64. The van der Waals surface area contributed by atoms with Gasteiger partial charge in [0.25, 0.3) is 0 Å². The van der Waals surface area contributed by atoms with Gasteiger partial charge in [0.15, 0.2) is 0 Å². The minimum atomic E-state index is -0.116. The highest BCUT2D eigenvalue weighted by Crippen LogP contribution is 2.25. The number of piperidine rings is 1. The predicted molar refractivity (Wildman–Crippen MR) is 97.2 cm³/mol. The van der Waals surface area contributed by atoms with Crippen molar-refractivity contribution in [2.75, 3.05) is 51.3 Å². The summed E-state index contributed by atoms with van der Waals surface area (Å²) in [6.45, 7) is 7.77. The normalized spacial score (nSPS) is 20.1. The van der Waals surface area contributed by atoms with Crippen molar-refractivity contribution in [3.8, 4) is 0 Å². The third-order valence-electron chi connectivity index (χ3n) is 5.83. The smallest absolute Gasteiger partial charge is 0.305 e. The molecular formula is C20H31N2O2+. The zero-order valence-electron chi connectivity index (χ0n) is 15.0. The summed E-state index contributed by atoms with van der Waals surface area (Å²) >= 11 is 0. The van der Waals surface area contributed by atoms with Crippen molar-refractivity contribution in [1.82, 2.24) is 0 Å². The van der Waals surface area contributed by atoms with Crippen LogP contribution in [0.3, 0.4) is 0 Å². The molecule has 4 nitrogen and oxygen atoms in total. The van der Waals surface area contributed by atoms with Gasteiger partial charge in [-0.2, -0.15) is 0 Å². The molecule has 1 aromatic carbocycles. The standard InChI is InChI=1S/C20H31N2O2/c1-24-20(23)7-5-6-18-8-10-19(11-9-18)21-12-16-22(17-13-21)14-3-2-4-15-22/h8-11H,2-7,12-17H2,1H3/q+1. The number of hydrogen-bond acceptors (Lipinski definition) is 3. The molecule has 2 saturated heterocycles. The Morgan fingerprint density at radius 2 is 1.71 bits per heavy atom. The Morgan fingerprint density at radius 1 is 1.04 bits per heavy atom. The van der Waals surface area contributed by atoms with Crippen molar-refractivity contribution in [2.24, 2.45) is 0 Å². The lowest BCUT2D eigenvalue weighted by atomic mass is 10.0. The molecule has 24 heavy (non-hydrogen) atoms. The van der Waals surface area contributed by atoms with Gasteiger partial charge in [0, 0.05) is 12.1 Å². The van der Waals surface area contributed by atoms with Crippen LogP contribution in [0, 0.1) is 0 Å². The molecule has 0 unspecified atom stereocenters. The van der Waals surface area contributed by atoms with E-state index in [4.69, 9.17) is 0 Å². The van der Waals surface area contributed by atoms with Gasteiger partial charge in [-0.05, 0) is 49.8 Å². The highest BCUT2D eigenvalue weighted by molar-refractivity contribution is 5.69. The Bertz CT molecular complexity index is 525. The number of ether oxygens (including phenoxy) is 1. The van der Waals surface area contributed by atoms with E-state index in [1.807, 2.05) is 0 Å². The second-order valence-corrected chi connectivity index (χ2v) is 7.38. The van der Waals surface area contributed by atoms with E-state index in [1.54, 1.807) is 0 Å². The van der Waals surface area contributed by atoms with E-state index in [0.29, 0.717) is 6.42 Å². The fraction of sp³-hybridized carbons (Fsp3) is 0.650. The summed E-state index contributed by atoms with van der Waals surface area (Å²) in [6, 6.07) is 8.93. The number of hydrogen-bond donors (Lipinski definition) is 0. The first-order valence-corrected chi connectivity index (χ1v) is 9.47. The van der Waals surface area contributed by atoms with E-state index in [0.717, 1.165) is 12.8 Å². The van der Waals surface area contributed by atoms with Crippen molar-refractivity contribution in [3.05, 3.63) is 29.8 Å². The number of benzene rings is 1. The fourth-order valence-corrected chi connectivity index (χ4v) is 4.19. The lowest BCUT2D eigenvalue weighted by molar-refractivity contribution is -0.932. The van der Waals surface area contributed by atoms with Gasteiger partial charge in [-0.15, -0.1) is 0 Å². The van der Waals surface area contributed by atoms with Crippen LogP contribution in [-0.4, -0.2) is 56.8 Å². The maximum Gasteiger partial charge on any atom is 0.305 e. The van der Waals surface area contributed by atoms with Crippen LogP contribution in [-0.2, 0) is 16.0 Å². The molecule has 0 bridgehead atoms.